The van der Waals surface area contributed by atoms with Crippen LogP contribution in [0.4, 0.5) is 4.39 Å². The molecule has 0 aliphatic heterocycles. The first kappa shape index (κ1) is 20.7. The first-order valence-corrected chi connectivity index (χ1v) is 9.28. The van der Waals surface area contributed by atoms with Gasteiger partial charge in [0.1, 0.15) is 5.82 Å². The molecule has 1 heterocycles. The quantitative estimate of drug-likeness (QED) is 0.426. The Morgan fingerprint density at radius 3 is 2.67 bits per heavy atom. The smallest absolute Gasteiger partial charge is 0.250 e. The Kier molecular flexibility index (Phi) is 7.58. The Hall–Kier alpha value is -2.63. The van der Waals surface area contributed by atoms with Gasteiger partial charge in [0.25, 0.3) is 0 Å². The molecule has 1 aromatic heterocycles. The third kappa shape index (κ3) is 6.55. The summed E-state index contributed by atoms with van der Waals surface area (Å²) in [5, 5.41) is 6.59. The summed E-state index contributed by atoms with van der Waals surface area (Å²) in [6, 6.07) is 11.9. The van der Waals surface area contributed by atoms with Crippen molar-refractivity contribution in [2.45, 2.75) is 38.6 Å². The van der Waals surface area contributed by atoms with E-state index in [-0.39, 0.29) is 16.8 Å². The van der Waals surface area contributed by atoms with E-state index < -0.39 is 0 Å². The number of aliphatic imine (C=N–C) groups is 1. The molecule has 0 fully saturated rings. The van der Waals surface area contributed by atoms with Crippen LogP contribution in [0.25, 0.3) is 0 Å². The summed E-state index contributed by atoms with van der Waals surface area (Å²) in [5.74, 6) is 0.497. The van der Waals surface area contributed by atoms with Crippen molar-refractivity contribution >= 4 is 5.96 Å². The summed E-state index contributed by atoms with van der Waals surface area (Å²) < 4.78 is 15.2. The van der Waals surface area contributed by atoms with Gasteiger partial charge < -0.3 is 15.2 Å². The maximum Gasteiger partial charge on any atom is 0.250 e. The third-order valence-corrected chi connectivity index (χ3v) is 4.54. The molecular weight excluding hydrogens is 343 g/mol. The number of benzene rings is 1. The maximum atomic E-state index is 13.5. The van der Waals surface area contributed by atoms with Gasteiger partial charge in [-0.3, -0.25) is 9.79 Å². The van der Waals surface area contributed by atoms with Crippen molar-refractivity contribution in [3.8, 4) is 0 Å². The number of aromatic nitrogens is 1. The number of nitrogens with zero attached hydrogens (tertiary/aromatic N) is 2. The highest BCUT2D eigenvalue weighted by Gasteiger charge is 2.21. The highest BCUT2D eigenvalue weighted by Crippen LogP contribution is 2.22. The number of halogens is 1. The average molecular weight is 372 g/mol. The molecule has 0 spiro atoms. The molecule has 0 atom stereocenters. The standard InChI is InChI=1S/C21H29FN4O/c1-21(2,17-9-8-10-18(22)15-17)16-25-20(23-3)24-12-5-7-14-26-13-6-4-11-19(26)27/h4,6,8-11,13,15H,5,7,12,14,16H2,1-3H3,(H2,23,24,25). The number of aryl methyl sites for hydroxylation is 1. The first-order valence-electron chi connectivity index (χ1n) is 9.28. The van der Waals surface area contributed by atoms with Crippen molar-refractivity contribution in [2.75, 3.05) is 20.1 Å². The molecule has 27 heavy (non-hydrogen) atoms. The predicted molar refractivity (Wildman–Crippen MR) is 109 cm³/mol. The minimum atomic E-state index is -0.228. The number of rotatable bonds is 8. The molecule has 0 aliphatic rings. The zero-order chi connectivity index (χ0) is 19.7. The number of hydrogen-bond acceptors (Lipinski definition) is 2. The number of pyridine rings is 1. The Labute approximate surface area is 160 Å². The molecule has 0 amide bonds. The number of nitrogens with one attached hydrogen (secondary N) is 2. The van der Waals surface area contributed by atoms with Gasteiger partial charge in [-0.15, -0.1) is 0 Å². The van der Waals surface area contributed by atoms with Gasteiger partial charge >= 0.3 is 0 Å². The van der Waals surface area contributed by atoms with Gasteiger partial charge in [0.05, 0.1) is 0 Å². The fourth-order valence-corrected chi connectivity index (χ4v) is 2.80. The predicted octanol–water partition coefficient (Wildman–Crippen LogP) is 2.91. The molecule has 0 bridgehead atoms. The lowest BCUT2D eigenvalue weighted by Gasteiger charge is -2.27. The van der Waals surface area contributed by atoms with Crippen molar-refractivity contribution in [1.29, 1.82) is 0 Å². The topological polar surface area (TPSA) is 58.4 Å². The van der Waals surface area contributed by atoms with E-state index in [1.54, 1.807) is 35.9 Å². The van der Waals surface area contributed by atoms with Crippen LogP contribution in [0.2, 0.25) is 0 Å². The first-order chi connectivity index (χ1) is 12.9. The van der Waals surface area contributed by atoms with Crippen molar-refractivity contribution < 1.29 is 4.39 Å². The highest BCUT2D eigenvalue weighted by atomic mass is 19.1. The molecule has 0 aliphatic carbocycles. The summed E-state index contributed by atoms with van der Waals surface area (Å²) in [4.78, 5) is 15.9. The molecule has 146 valence electrons. The average Bonchev–Trinajstić information content (AvgIpc) is 2.65. The summed E-state index contributed by atoms with van der Waals surface area (Å²) in [6.07, 6.45) is 3.64. The summed E-state index contributed by atoms with van der Waals surface area (Å²) >= 11 is 0. The van der Waals surface area contributed by atoms with E-state index in [2.05, 4.69) is 29.5 Å². The molecule has 2 aromatic rings. The molecule has 0 saturated carbocycles. The Morgan fingerprint density at radius 1 is 1.15 bits per heavy atom. The fourth-order valence-electron chi connectivity index (χ4n) is 2.80. The molecule has 5 nitrogen and oxygen atoms in total. The molecule has 0 radical (unpaired) electrons. The molecule has 2 rings (SSSR count). The van der Waals surface area contributed by atoms with Crippen molar-refractivity contribution in [3.05, 3.63) is 70.4 Å². The lowest BCUT2D eigenvalue weighted by Crippen LogP contribution is -2.43. The van der Waals surface area contributed by atoms with Crippen LogP contribution < -0.4 is 16.2 Å². The highest BCUT2D eigenvalue weighted by molar-refractivity contribution is 5.79. The van der Waals surface area contributed by atoms with E-state index in [0.717, 1.165) is 30.9 Å². The van der Waals surface area contributed by atoms with E-state index in [9.17, 15) is 9.18 Å². The van der Waals surface area contributed by atoms with E-state index in [1.807, 2.05) is 18.3 Å². The van der Waals surface area contributed by atoms with E-state index in [1.165, 1.54) is 6.07 Å². The van der Waals surface area contributed by atoms with Gasteiger partial charge in [0.2, 0.25) is 5.56 Å². The molecule has 0 saturated heterocycles. The lowest BCUT2D eigenvalue weighted by molar-refractivity contribution is 0.502. The Balaban J connectivity index is 1.74. The zero-order valence-corrected chi connectivity index (χ0v) is 16.3. The molecule has 1 aromatic carbocycles. The minimum absolute atomic E-state index is 0.0301. The minimum Gasteiger partial charge on any atom is -0.356 e. The molecule has 2 N–H and O–H groups in total. The largest absolute Gasteiger partial charge is 0.356 e. The molecule has 0 unspecified atom stereocenters. The van der Waals surface area contributed by atoms with Crippen LogP contribution in [0.1, 0.15) is 32.3 Å². The van der Waals surface area contributed by atoms with Crippen LogP contribution in [0.3, 0.4) is 0 Å². The van der Waals surface area contributed by atoms with Crippen LogP contribution in [0.15, 0.2) is 58.4 Å². The maximum absolute atomic E-state index is 13.5. The van der Waals surface area contributed by atoms with Crippen LogP contribution in [0, 0.1) is 5.82 Å². The van der Waals surface area contributed by atoms with Crippen molar-refractivity contribution in [2.24, 2.45) is 4.99 Å². The second-order valence-corrected chi connectivity index (χ2v) is 7.19. The van der Waals surface area contributed by atoms with Gasteiger partial charge in [-0.1, -0.05) is 32.0 Å². The van der Waals surface area contributed by atoms with E-state index in [0.29, 0.717) is 13.1 Å². The van der Waals surface area contributed by atoms with Crippen molar-refractivity contribution in [3.63, 3.8) is 0 Å². The monoisotopic (exact) mass is 372 g/mol. The summed E-state index contributed by atoms with van der Waals surface area (Å²) in [5.41, 5.74) is 0.745. The van der Waals surface area contributed by atoms with Crippen LogP contribution in [-0.4, -0.2) is 30.7 Å². The molecular formula is C21H29FN4O. The van der Waals surface area contributed by atoms with Crippen molar-refractivity contribution in [1.82, 2.24) is 15.2 Å². The number of unbranched alkanes of at least 4 members (excludes halogenated alkanes) is 1. The zero-order valence-electron chi connectivity index (χ0n) is 16.3. The number of guanidine groups is 1. The number of hydrogen-bond donors (Lipinski definition) is 2. The normalized spacial score (nSPS) is 12.1. The van der Waals surface area contributed by atoms with Crippen LogP contribution in [-0.2, 0) is 12.0 Å². The fraction of sp³-hybridized carbons (Fsp3) is 0.429. The van der Waals surface area contributed by atoms with Crippen LogP contribution in [0.5, 0.6) is 0 Å². The Bertz CT molecular complexity index is 814. The van der Waals surface area contributed by atoms with Gasteiger partial charge in [0, 0.05) is 44.4 Å². The second-order valence-electron chi connectivity index (χ2n) is 7.19. The SMILES string of the molecule is CN=C(NCCCCn1ccccc1=O)NCC(C)(C)c1cccc(F)c1. The van der Waals surface area contributed by atoms with Gasteiger partial charge in [0.15, 0.2) is 5.96 Å². The molecule has 6 heteroatoms. The van der Waals surface area contributed by atoms with Gasteiger partial charge in [-0.2, -0.15) is 0 Å². The third-order valence-electron chi connectivity index (χ3n) is 4.54. The van der Waals surface area contributed by atoms with Crippen LogP contribution >= 0.6 is 0 Å². The second kappa shape index (κ2) is 9.90. The van der Waals surface area contributed by atoms with E-state index in [4.69, 9.17) is 0 Å². The van der Waals surface area contributed by atoms with Gasteiger partial charge in [-0.05, 0) is 36.6 Å². The van der Waals surface area contributed by atoms with E-state index >= 15 is 0 Å². The van der Waals surface area contributed by atoms with Gasteiger partial charge in [-0.25, -0.2) is 4.39 Å². The summed E-state index contributed by atoms with van der Waals surface area (Å²) in [7, 11) is 1.73. The lowest BCUT2D eigenvalue weighted by atomic mass is 9.84. The summed E-state index contributed by atoms with van der Waals surface area (Å²) in [6.45, 7) is 6.25. The Morgan fingerprint density at radius 2 is 1.96 bits per heavy atom.